The lowest BCUT2D eigenvalue weighted by Crippen LogP contribution is -2.22. The summed E-state index contributed by atoms with van der Waals surface area (Å²) in [5, 5.41) is 11.5. The normalized spacial score (nSPS) is 9.62. The van der Waals surface area contributed by atoms with Crippen LogP contribution in [0.2, 0.25) is 0 Å². The van der Waals surface area contributed by atoms with Crippen LogP contribution in [0.15, 0.2) is 41.0 Å². The van der Waals surface area contributed by atoms with Crippen molar-refractivity contribution >= 4 is 5.91 Å². The van der Waals surface area contributed by atoms with Gasteiger partial charge in [-0.05, 0) is 30.3 Å². The number of benzene rings is 1. The summed E-state index contributed by atoms with van der Waals surface area (Å²) in [6.07, 6.45) is 1.55. The summed E-state index contributed by atoms with van der Waals surface area (Å²) in [7, 11) is 1.52. The number of furan rings is 1. The van der Waals surface area contributed by atoms with Gasteiger partial charge in [-0.25, -0.2) is 0 Å². The lowest BCUT2D eigenvalue weighted by atomic mass is 10.1. The van der Waals surface area contributed by atoms with E-state index >= 15 is 0 Å². The summed E-state index contributed by atoms with van der Waals surface area (Å²) in [6, 6.07) is 8.49. The lowest BCUT2D eigenvalue weighted by Gasteiger charge is -2.07. The van der Waals surface area contributed by atoms with Gasteiger partial charge in [0.25, 0.3) is 5.91 Å². The third-order valence-electron chi connectivity index (χ3n) is 2.77. The van der Waals surface area contributed by atoms with Crippen LogP contribution < -0.4 is 10.1 Å². The monoisotopic (exact) mass is 285 g/mol. The molecule has 5 nitrogen and oxygen atoms in total. The molecular formula is C16H15NO4. The van der Waals surface area contributed by atoms with Gasteiger partial charge in [0.05, 0.1) is 25.5 Å². The standard InChI is InChI=1S/C16H15NO4/c1-20-15-7-6-13(10-12(15)4-2-8-18)16(19)17-11-14-5-3-9-21-14/h3,5-7,9-10,18H,8,11H2,1H3,(H,17,19). The molecule has 0 saturated carbocycles. The molecule has 0 radical (unpaired) electrons. The number of aliphatic hydroxyl groups is 1. The summed E-state index contributed by atoms with van der Waals surface area (Å²) in [4.78, 5) is 12.1. The number of methoxy groups -OCH3 is 1. The Morgan fingerprint density at radius 1 is 1.43 bits per heavy atom. The second kappa shape index (κ2) is 7.17. The fourth-order valence-corrected chi connectivity index (χ4v) is 1.76. The minimum atomic E-state index is -0.252. The lowest BCUT2D eigenvalue weighted by molar-refractivity contribution is 0.0948. The summed E-state index contributed by atoms with van der Waals surface area (Å²) in [5.74, 6) is 6.29. The topological polar surface area (TPSA) is 71.7 Å². The Bertz CT molecular complexity index is 665. The van der Waals surface area contributed by atoms with Crippen molar-refractivity contribution in [2.24, 2.45) is 0 Å². The molecule has 0 unspecified atom stereocenters. The second-order valence-corrected chi connectivity index (χ2v) is 4.14. The van der Waals surface area contributed by atoms with Gasteiger partial charge in [0, 0.05) is 5.56 Å². The van der Waals surface area contributed by atoms with Gasteiger partial charge in [0.15, 0.2) is 0 Å². The third-order valence-corrected chi connectivity index (χ3v) is 2.77. The highest BCUT2D eigenvalue weighted by atomic mass is 16.5. The number of carbonyl (C=O) groups excluding carboxylic acids is 1. The van der Waals surface area contributed by atoms with Crippen LogP contribution in [-0.4, -0.2) is 24.7 Å². The number of nitrogens with one attached hydrogen (secondary N) is 1. The average Bonchev–Trinajstić information content (AvgIpc) is 3.03. The molecule has 1 amide bonds. The maximum absolute atomic E-state index is 12.1. The van der Waals surface area contributed by atoms with Crippen molar-refractivity contribution < 1.29 is 19.1 Å². The molecule has 0 aliphatic rings. The first-order valence-electron chi connectivity index (χ1n) is 6.33. The van der Waals surface area contributed by atoms with Crippen LogP contribution in [0.3, 0.4) is 0 Å². The van der Waals surface area contributed by atoms with Crippen molar-refractivity contribution in [3.05, 3.63) is 53.5 Å². The first kappa shape index (κ1) is 14.7. The zero-order valence-corrected chi connectivity index (χ0v) is 11.6. The molecule has 1 aromatic heterocycles. The van der Waals surface area contributed by atoms with E-state index in [0.29, 0.717) is 29.2 Å². The van der Waals surface area contributed by atoms with E-state index in [-0.39, 0.29) is 12.5 Å². The van der Waals surface area contributed by atoms with Gasteiger partial charge >= 0.3 is 0 Å². The van der Waals surface area contributed by atoms with Crippen LogP contribution in [-0.2, 0) is 6.54 Å². The van der Waals surface area contributed by atoms with E-state index in [1.807, 2.05) is 0 Å². The molecule has 0 saturated heterocycles. The summed E-state index contributed by atoms with van der Waals surface area (Å²) < 4.78 is 10.3. The smallest absolute Gasteiger partial charge is 0.251 e. The molecule has 21 heavy (non-hydrogen) atoms. The highest BCUT2D eigenvalue weighted by Crippen LogP contribution is 2.19. The van der Waals surface area contributed by atoms with Gasteiger partial charge in [0.2, 0.25) is 0 Å². The van der Waals surface area contributed by atoms with Crippen LogP contribution in [0.1, 0.15) is 21.7 Å². The number of rotatable bonds is 4. The first-order chi connectivity index (χ1) is 10.2. The summed E-state index contributed by atoms with van der Waals surface area (Å²) >= 11 is 0. The minimum Gasteiger partial charge on any atom is -0.495 e. The van der Waals surface area contributed by atoms with Gasteiger partial charge in [-0.15, -0.1) is 0 Å². The maximum Gasteiger partial charge on any atom is 0.251 e. The van der Waals surface area contributed by atoms with Crippen LogP contribution in [0.5, 0.6) is 5.75 Å². The predicted octanol–water partition coefficient (Wildman–Crippen LogP) is 1.56. The summed E-state index contributed by atoms with van der Waals surface area (Å²) in [6.45, 7) is 0.0631. The van der Waals surface area contributed by atoms with E-state index in [1.54, 1.807) is 36.6 Å². The Hall–Kier alpha value is -2.71. The van der Waals surface area contributed by atoms with Gasteiger partial charge in [-0.3, -0.25) is 4.79 Å². The number of amides is 1. The molecule has 5 heteroatoms. The Morgan fingerprint density at radius 3 is 2.95 bits per heavy atom. The molecule has 0 aliphatic heterocycles. The largest absolute Gasteiger partial charge is 0.495 e. The molecule has 2 aromatic rings. The van der Waals surface area contributed by atoms with E-state index in [2.05, 4.69) is 17.2 Å². The van der Waals surface area contributed by atoms with E-state index in [4.69, 9.17) is 14.3 Å². The van der Waals surface area contributed by atoms with E-state index in [0.717, 1.165) is 0 Å². The highest BCUT2D eigenvalue weighted by molar-refractivity contribution is 5.94. The zero-order valence-electron chi connectivity index (χ0n) is 11.6. The maximum atomic E-state index is 12.1. The minimum absolute atomic E-state index is 0.235. The molecule has 2 rings (SSSR count). The molecule has 0 fully saturated rings. The zero-order chi connectivity index (χ0) is 15.1. The number of hydrogen-bond acceptors (Lipinski definition) is 4. The molecule has 0 spiro atoms. The van der Waals surface area contributed by atoms with Crippen LogP contribution in [0, 0.1) is 11.8 Å². The van der Waals surface area contributed by atoms with E-state index in [9.17, 15) is 4.79 Å². The molecule has 0 bridgehead atoms. The van der Waals surface area contributed by atoms with Crippen LogP contribution in [0.4, 0.5) is 0 Å². The third kappa shape index (κ3) is 3.88. The molecule has 2 N–H and O–H groups in total. The SMILES string of the molecule is COc1ccc(C(=O)NCc2ccco2)cc1C#CCO. The van der Waals surface area contributed by atoms with Crippen molar-refractivity contribution in [2.75, 3.05) is 13.7 Å². The number of ether oxygens (including phenoxy) is 1. The van der Waals surface area contributed by atoms with Crippen molar-refractivity contribution in [1.29, 1.82) is 0 Å². The van der Waals surface area contributed by atoms with Gasteiger partial charge in [0.1, 0.15) is 18.1 Å². The Morgan fingerprint density at radius 2 is 2.29 bits per heavy atom. The molecule has 0 atom stereocenters. The first-order valence-corrected chi connectivity index (χ1v) is 6.33. The predicted molar refractivity (Wildman–Crippen MR) is 76.8 cm³/mol. The Kier molecular flexibility index (Phi) is 5.02. The van der Waals surface area contributed by atoms with Gasteiger partial charge in [-0.1, -0.05) is 11.8 Å². The molecule has 1 heterocycles. The molecule has 1 aromatic carbocycles. The van der Waals surface area contributed by atoms with Crippen LogP contribution >= 0.6 is 0 Å². The number of aliphatic hydroxyl groups excluding tert-OH is 1. The number of carbonyl (C=O) groups is 1. The van der Waals surface area contributed by atoms with Crippen molar-refractivity contribution in [1.82, 2.24) is 5.32 Å². The number of hydrogen-bond donors (Lipinski definition) is 2. The quantitative estimate of drug-likeness (QED) is 0.836. The van der Waals surface area contributed by atoms with Gasteiger partial charge < -0.3 is 19.6 Å². The van der Waals surface area contributed by atoms with Crippen molar-refractivity contribution in [3.8, 4) is 17.6 Å². The molecular weight excluding hydrogens is 270 g/mol. The Balaban J connectivity index is 2.13. The van der Waals surface area contributed by atoms with E-state index < -0.39 is 0 Å². The Labute approximate surface area is 122 Å². The average molecular weight is 285 g/mol. The second-order valence-electron chi connectivity index (χ2n) is 4.14. The highest BCUT2D eigenvalue weighted by Gasteiger charge is 2.09. The van der Waals surface area contributed by atoms with Crippen molar-refractivity contribution in [3.63, 3.8) is 0 Å². The molecule has 0 aliphatic carbocycles. The fourth-order valence-electron chi connectivity index (χ4n) is 1.76. The van der Waals surface area contributed by atoms with Crippen LogP contribution in [0.25, 0.3) is 0 Å². The van der Waals surface area contributed by atoms with E-state index in [1.165, 1.54) is 7.11 Å². The van der Waals surface area contributed by atoms with Gasteiger partial charge in [-0.2, -0.15) is 0 Å². The fraction of sp³-hybridized carbons (Fsp3) is 0.188. The molecule has 108 valence electrons. The summed E-state index contributed by atoms with van der Waals surface area (Å²) in [5.41, 5.74) is 1.02. The van der Waals surface area contributed by atoms with Crippen molar-refractivity contribution in [2.45, 2.75) is 6.54 Å².